The lowest BCUT2D eigenvalue weighted by Gasteiger charge is -2.35. The lowest BCUT2D eigenvalue weighted by molar-refractivity contribution is 0.0145. The van der Waals surface area contributed by atoms with E-state index in [4.69, 9.17) is 4.74 Å². The minimum atomic E-state index is -0.442. The van der Waals surface area contributed by atoms with Gasteiger partial charge in [0.15, 0.2) is 5.96 Å². The van der Waals surface area contributed by atoms with Crippen molar-refractivity contribution in [2.75, 3.05) is 45.8 Å². The molecule has 1 amide bonds. The van der Waals surface area contributed by atoms with Crippen molar-refractivity contribution < 1.29 is 9.53 Å². The quantitative estimate of drug-likeness (QED) is 0.387. The van der Waals surface area contributed by atoms with Crippen LogP contribution in [0.4, 0.5) is 4.79 Å². The van der Waals surface area contributed by atoms with E-state index in [1.54, 1.807) is 16.2 Å². The fourth-order valence-electron chi connectivity index (χ4n) is 3.09. The number of thiazole rings is 1. The number of aromatic nitrogens is 1. The molecule has 0 aliphatic carbocycles. The number of ether oxygens (including phenoxy) is 1. The average Bonchev–Trinajstić information content (AvgIpc) is 3.00. The summed E-state index contributed by atoms with van der Waals surface area (Å²) >= 11 is 1.71. The summed E-state index contributed by atoms with van der Waals surface area (Å²) in [5.74, 6) is 0.831. The first-order valence-electron chi connectivity index (χ1n) is 10.8. The van der Waals surface area contributed by atoms with Gasteiger partial charge in [0.05, 0.1) is 12.2 Å². The average molecular weight is 439 g/mol. The third kappa shape index (κ3) is 8.47. The number of carbonyl (C=O) groups is 1. The molecule has 0 aromatic carbocycles. The highest BCUT2D eigenvalue weighted by Crippen LogP contribution is 2.17. The molecule has 1 aliphatic rings. The van der Waals surface area contributed by atoms with Crippen LogP contribution in [0.2, 0.25) is 0 Å². The molecule has 30 heavy (non-hydrogen) atoms. The molecule has 9 heteroatoms. The van der Waals surface area contributed by atoms with E-state index in [-0.39, 0.29) is 6.09 Å². The summed E-state index contributed by atoms with van der Waals surface area (Å²) in [7, 11) is 0. The van der Waals surface area contributed by atoms with E-state index in [0.29, 0.717) is 6.54 Å². The van der Waals surface area contributed by atoms with Gasteiger partial charge in [-0.1, -0.05) is 0 Å². The van der Waals surface area contributed by atoms with Crippen LogP contribution in [0.1, 0.15) is 49.7 Å². The number of hydrogen-bond acceptors (Lipinski definition) is 6. The van der Waals surface area contributed by atoms with Crippen molar-refractivity contribution >= 4 is 23.4 Å². The molecule has 2 heterocycles. The van der Waals surface area contributed by atoms with Crippen molar-refractivity contribution in [3.63, 3.8) is 0 Å². The molecule has 8 nitrogen and oxygen atoms in total. The molecule has 1 aliphatic heterocycles. The number of guanidine groups is 1. The second-order valence-electron chi connectivity index (χ2n) is 8.53. The van der Waals surface area contributed by atoms with E-state index >= 15 is 0 Å². The molecule has 0 atom stereocenters. The highest BCUT2D eigenvalue weighted by Gasteiger charge is 2.25. The first-order chi connectivity index (χ1) is 14.2. The van der Waals surface area contributed by atoms with Crippen LogP contribution in [0.15, 0.2) is 4.99 Å². The van der Waals surface area contributed by atoms with Gasteiger partial charge >= 0.3 is 6.09 Å². The van der Waals surface area contributed by atoms with Crippen molar-refractivity contribution in [1.29, 1.82) is 0 Å². The van der Waals surface area contributed by atoms with Crippen molar-refractivity contribution in [2.24, 2.45) is 4.99 Å². The normalized spacial score (nSPS) is 15.9. The Morgan fingerprint density at radius 2 is 1.90 bits per heavy atom. The van der Waals surface area contributed by atoms with Gasteiger partial charge in [-0.2, -0.15) is 0 Å². The molecular formula is C21H38N6O2S. The number of hydrogen-bond donors (Lipinski definition) is 2. The molecule has 170 valence electrons. The van der Waals surface area contributed by atoms with E-state index in [1.165, 1.54) is 4.88 Å². The first kappa shape index (κ1) is 24.4. The maximum Gasteiger partial charge on any atom is 0.410 e. The summed E-state index contributed by atoms with van der Waals surface area (Å²) in [4.78, 5) is 26.8. The number of nitrogens with zero attached hydrogens (tertiary/aromatic N) is 4. The highest BCUT2D eigenvalue weighted by molar-refractivity contribution is 7.11. The highest BCUT2D eigenvalue weighted by atomic mass is 32.1. The topological polar surface area (TPSA) is 82.1 Å². The number of carbonyl (C=O) groups excluding carboxylic acids is 1. The van der Waals surface area contributed by atoms with E-state index in [1.807, 2.05) is 27.7 Å². The Hall–Kier alpha value is -1.87. The van der Waals surface area contributed by atoms with Crippen LogP contribution < -0.4 is 10.6 Å². The zero-order valence-electron chi connectivity index (χ0n) is 19.4. The summed E-state index contributed by atoms with van der Waals surface area (Å²) < 4.78 is 5.46. The molecule has 0 spiro atoms. The van der Waals surface area contributed by atoms with Gasteiger partial charge < -0.3 is 20.3 Å². The Kier molecular flexibility index (Phi) is 9.36. The monoisotopic (exact) mass is 438 g/mol. The molecule has 2 N–H and O–H groups in total. The Labute approximate surface area is 185 Å². The van der Waals surface area contributed by atoms with Gasteiger partial charge in [-0.3, -0.25) is 4.90 Å². The van der Waals surface area contributed by atoms with Gasteiger partial charge in [-0.25, -0.2) is 14.8 Å². The maximum atomic E-state index is 12.2. The second-order valence-corrected chi connectivity index (χ2v) is 9.82. The van der Waals surface area contributed by atoms with Gasteiger partial charge in [0.2, 0.25) is 0 Å². The Balaban J connectivity index is 1.68. The Morgan fingerprint density at radius 3 is 2.47 bits per heavy atom. The first-order valence-corrected chi connectivity index (χ1v) is 11.6. The van der Waals surface area contributed by atoms with Crippen molar-refractivity contribution in [2.45, 2.75) is 60.1 Å². The largest absolute Gasteiger partial charge is 0.444 e. The van der Waals surface area contributed by atoms with Gasteiger partial charge in [0.1, 0.15) is 10.6 Å². The maximum absolute atomic E-state index is 12.2. The molecule has 1 aromatic heterocycles. The van der Waals surface area contributed by atoms with Crippen LogP contribution in [-0.2, 0) is 11.3 Å². The second kappa shape index (κ2) is 11.5. The molecule has 0 unspecified atom stereocenters. The number of amides is 1. The predicted octanol–water partition coefficient (Wildman–Crippen LogP) is 2.76. The molecule has 0 bridgehead atoms. The van der Waals surface area contributed by atoms with Crippen LogP contribution >= 0.6 is 11.3 Å². The summed E-state index contributed by atoms with van der Waals surface area (Å²) in [6.07, 6.45) is 0.813. The molecule has 2 rings (SSSR count). The molecule has 1 aromatic rings. The number of piperazine rings is 1. The fraction of sp³-hybridized carbons (Fsp3) is 0.762. The predicted molar refractivity (Wildman–Crippen MR) is 123 cm³/mol. The van der Waals surface area contributed by atoms with Crippen LogP contribution in [0.25, 0.3) is 0 Å². The smallest absolute Gasteiger partial charge is 0.410 e. The SMILES string of the molecule is CCNC(=NCc1nc(C)c(C)s1)NCCCN1CCN(C(=O)OC(C)(C)C)CC1. The molecule has 1 saturated heterocycles. The lowest BCUT2D eigenvalue weighted by Crippen LogP contribution is -2.50. The van der Waals surface area contributed by atoms with E-state index in [0.717, 1.165) is 68.9 Å². The molecular weight excluding hydrogens is 400 g/mol. The Bertz CT molecular complexity index is 685. The summed E-state index contributed by atoms with van der Waals surface area (Å²) in [6, 6.07) is 0. The third-order valence-corrected chi connectivity index (χ3v) is 5.81. The third-order valence-electron chi connectivity index (χ3n) is 4.76. The number of nitrogens with one attached hydrogen (secondary N) is 2. The van der Waals surface area contributed by atoms with Gasteiger partial charge in [0.25, 0.3) is 0 Å². The van der Waals surface area contributed by atoms with Gasteiger partial charge in [-0.05, 0) is 54.5 Å². The number of aryl methyl sites for hydroxylation is 2. The van der Waals surface area contributed by atoms with Crippen LogP contribution in [-0.4, -0.2) is 78.3 Å². The van der Waals surface area contributed by atoms with Gasteiger partial charge in [0, 0.05) is 44.1 Å². The van der Waals surface area contributed by atoms with E-state index in [2.05, 4.69) is 39.4 Å². The zero-order chi connectivity index (χ0) is 22.1. The number of aliphatic imine (C=N–C) groups is 1. The van der Waals surface area contributed by atoms with Crippen molar-refractivity contribution in [1.82, 2.24) is 25.4 Å². The molecule has 0 saturated carbocycles. The summed E-state index contributed by atoms with van der Waals surface area (Å²) in [5, 5.41) is 7.75. The van der Waals surface area contributed by atoms with Crippen molar-refractivity contribution in [3.05, 3.63) is 15.6 Å². The van der Waals surface area contributed by atoms with Gasteiger partial charge in [-0.15, -0.1) is 11.3 Å². The Morgan fingerprint density at radius 1 is 1.20 bits per heavy atom. The molecule has 1 fully saturated rings. The fourth-order valence-corrected chi connectivity index (χ4v) is 3.94. The van der Waals surface area contributed by atoms with Crippen molar-refractivity contribution in [3.8, 4) is 0 Å². The lowest BCUT2D eigenvalue weighted by atomic mass is 10.2. The van der Waals surface area contributed by atoms with Crippen LogP contribution in [0, 0.1) is 13.8 Å². The number of rotatable bonds is 7. The minimum absolute atomic E-state index is 0.207. The minimum Gasteiger partial charge on any atom is -0.444 e. The molecule has 0 radical (unpaired) electrons. The van der Waals surface area contributed by atoms with E-state index < -0.39 is 5.60 Å². The standard InChI is InChI=1S/C21H38N6O2S/c1-7-22-19(24-15-18-25-16(2)17(3)30-18)23-9-8-10-26-11-13-27(14-12-26)20(28)29-21(4,5)6/h7-15H2,1-6H3,(H2,22,23,24). The summed E-state index contributed by atoms with van der Waals surface area (Å²) in [5.41, 5.74) is 0.651. The van der Waals surface area contributed by atoms with Crippen LogP contribution in [0.3, 0.4) is 0 Å². The van der Waals surface area contributed by atoms with E-state index in [9.17, 15) is 4.79 Å². The summed E-state index contributed by atoms with van der Waals surface area (Å²) in [6.45, 7) is 18.4. The van der Waals surface area contributed by atoms with Crippen LogP contribution in [0.5, 0.6) is 0 Å². The zero-order valence-corrected chi connectivity index (χ0v) is 20.2.